The highest BCUT2D eigenvalue weighted by Gasteiger charge is 2.25. The maximum atomic E-state index is 12.6. The van der Waals surface area contributed by atoms with Gasteiger partial charge in [0.15, 0.2) is 5.78 Å². The second kappa shape index (κ2) is 6.42. The van der Waals surface area contributed by atoms with Crippen molar-refractivity contribution in [3.63, 3.8) is 0 Å². The van der Waals surface area contributed by atoms with Crippen molar-refractivity contribution < 1.29 is 29.4 Å². The van der Waals surface area contributed by atoms with Crippen LogP contribution in [0.2, 0.25) is 0 Å². The summed E-state index contributed by atoms with van der Waals surface area (Å²) in [6.45, 7) is 1.60. The summed E-state index contributed by atoms with van der Waals surface area (Å²) in [5.41, 5.74) is 0.253. The standard InChI is InChI=1S/C15H16NO6P/c1-9(10-5-7-11(17)8-6-10)15(19)14-12(16-23(20,21)22)3-2-4-13(14)18/h2-9,17-18H,1H3,(H3,16,20,21,22). The number of carbonyl (C=O) groups is 1. The van der Waals surface area contributed by atoms with Crippen LogP contribution in [0.4, 0.5) is 5.69 Å². The fourth-order valence-corrected chi connectivity index (χ4v) is 2.68. The third-order valence-electron chi connectivity index (χ3n) is 3.34. The smallest absolute Gasteiger partial charge is 0.427 e. The first-order chi connectivity index (χ1) is 10.7. The van der Waals surface area contributed by atoms with E-state index in [1.165, 1.54) is 30.3 Å². The molecule has 0 spiro atoms. The van der Waals surface area contributed by atoms with Crippen LogP contribution >= 0.6 is 7.75 Å². The van der Waals surface area contributed by atoms with E-state index in [0.29, 0.717) is 5.56 Å². The fourth-order valence-electron chi connectivity index (χ4n) is 2.18. The maximum Gasteiger partial charge on any atom is 0.427 e. The average Bonchev–Trinajstić information content (AvgIpc) is 2.45. The molecule has 0 radical (unpaired) electrons. The number of carbonyl (C=O) groups excluding carboxylic acids is 1. The summed E-state index contributed by atoms with van der Waals surface area (Å²) in [5, 5.41) is 21.2. The van der Waals surface area contributed by atoms with Crippen LogP contribution in [-0.4, -0.2) is 25.8 Å². The Morgan fingerprint density at radius 2 is 1.70 bits per heavy atom. The normalized spacial score (nSPS) is 12.7. The largest absolute Gasteiger partial charge is 0.508 e. The van der Waals surface area contributed by atoms with Crippen LogP contribution in [-0.2, 0) is 4.57 Å². The maximum absolute atomic E-state index is 12.6. The summed E-state index contributed by atoms with van der Waals surface area (Å²) in [6, 6.07) is 9.92. The van der Waals surface area contributed by atoms with Crippen LogP contribution < -0.4 is 5.09 Å². The van der Waals surface area contributed by atoms with E-state index in [4.69, 9.17) is 9.79 Å². The van der Waals surface area contributed by atoms with Crippen molar-refractivity contribution in [3.8, 4) is 11.5 Å². The molecule has 5 N–H and O–H groups in total. The van der Waals surface area contributed by atoms with Gasteiger partial charge in [-0.1, -0.05) is 25.1 Å². The van der Waals surface area contributed by atoms with E-state index < -0.39 is 19.4 Å². The SMILES string of the molecule is CC(C(=O)c1c(O)cccc1NP(=O)(O)O)c1ccc(O)cc1. The van der Waals surface area contributed by atoms with Crippen LogP contribution in [0.3, 0.4) is 0 Å². The topological polar surface area (TPSA) is 127 Å². The highest BCUT2D eigenvalue weighted by molar-refractivity contribution is 7.53. The molecule has 0 saturated heterocycles. The molecule has 2 rings (SSSR count). The number of nitrogens with one attached hydrogen (secondary N) is 1. The summed E-state index contributed by atoms with van der Waals surface area (Å²) < 4.78 is 11.1. The second-order valence-corrected chi connectivity index (χ2v) is 6.34. The molecule has 0 aliphatic heterocycles. The van der Waals surface area contributed by atoms with Crippen molar-refractivity contribution in [2.24, 2.45) is 0 Å². The van der Waals surface area contributed by atoms with Crippen molar-refractivity contribution in [1.29, 1.82) is 0 Å². The van der Waals surface area contributed by atoms with E-state index in [2.05, 4.69) is 0 Å². The van der Waals surface area contributed by atoms with Crippen molar-refractivity contribution in [2.75, 3.05) is 5.09 Å². The van der Waals surface area contributed by atoms with E-state index in [1.807, 2.05) is 5.09 Å². The van der Waals surface area contributed by atoms with Gasteiger partial charge in [0.2, 0.25) is 0 Å². The third-order valence-corrected chi connectivity index (χ3v) is 3.87. The van der Waals surface area contributed by atoms with Crippen molar-refractivity contribution in [2.45, 2.75) is 12.8 Å². The zero-order valence-electron chi connectivity index (χ0n) is 12.2. The lowest BCUT2D eigenvalue weighted by atomic mass is 9.91. The van der Waals surface area contributed by atoms with Gasteiger partial charge in [0.25, 0.3) is 0 Å². The Labute approximate surface area is 132 Å². The number of Topliss-reactive ketones (excluding diaryl/α,β-unsaturated/α-hetero) is 1. The van der Waals surface area contributed by atoms with Crippen LogP contribution in [0.1, 0.15) is 28.8 Å². The van der Waals surface area contributed by atoms with Crippen LogP contribution in [0, 0.1) is 0 Å². The Hall–Kier alpha value is -2.34. The van der Waals surface area contributed by atoms with Crippen molar-refractivity contribution in [1.82, 2.24) is 0 Å². The number of anilines is 1. The van der Waals surface area contributed by atoms with Gasteiger partial charge in [-0.15, -0.1) is 0 Å². The molecule has 0 aliphatic carbocycles. The molecule has 8 heteroatoms. The lowest BCUT2D eigenvalue weighted by Gasteiger charge is -2.17. The lowest BCUT2D eigenvalue weighted by Crippen LogP contribution is -2.12. The van der Waals surface area contributed by atoms with E-state index in [1.54, 1.807) is 19.1 Å². The molecular weight excluding hydrogens is 321 g/mol. The van der Waals surface area contributed by atoms with E-state index in [0.717, 1.165) is 0 Å². The van der Waals surface area contributed by atoms with Gasteiger partial charge in [-0.05, 0) is 29.8 Å². The molecule has 7 nitrogen and oxygen atoms in total. The van der Waals surface area contributed by atoms with Gasteiger partial charge in [0.05, 0.1) is 11.3 Å². The molecule has 122 valence electrons. The zero-order chi connectivity index (χ0) is 17.2. The summed E-state index contributed by atoms with van der Waals surface area (Å²) in [7, 11) is -4.63. The Balaban J connectivity index is 2.42. The van der Waals surface area contributed by atoms with Crippen LogP contribution in [0.25, 0.3) is 0 Å². The summed E-state index contributed by atoms with van der Waals surface area (Å²) >= 11 is 0. The van der Waals surface area contributed by atoms with Crippen LogP contribution in [0.5, 0.6) is 11.5 Å². The Morgan fingerprint density at radius 1 is 1.09 bits per heavy atom. The molecular formula is C15H16NO6P. The van der Waals surface area contributed by atoms with E-state index in [9.17, 15) is 19.6 Å². The van der Waals surface area contributed by atoms with Crippen LogP contribution in [0.15, 0.2) is 42.5 Å². The molecule has 2 aromatic carbocycles. The number of hydrogen-bond donors (Lipinski definition) is 5. The number of hydrogen-bond acceptors (Lipinski definition) is 4. The van der Waals surface area contributed by atoms with Gasteiger partial charge < -0.3 is 20.0 Å². The third kappa shape index (κ3) is 4.10. The van der Waals surface area contributed by atoms with E-state index in [-0.39, 0.29) is 22.7 Å². The molecule has 23 heavy (non-hydrogen) atoms. The molecule has 0 aromatic heterocycles. The quantitative estimate of drug-likeness (QED) is 0.419. The first-order valence-electron chi connectivity index (χ1n) is 6.68. The van der Waals surface area contributed by atoms with Crippen molar-refractivity contribution >= 4 is 19.2 Å². The van der Waals surface area contributed by atoms with Gasteiger partial charge in [-0.3, -0.25) is 9.88 Å². The van der Waals surface area contributed by atoms with Gasteiger partial charge in [-0.2, -0.15) is 0 Å². The minimum atomic E-state index is -4.63. The highest BCUT2D eigenvalue weighted by atomic mass is 31.2. The summed E-state index contributed by atoms with van der Waals surface area (Å²) in [6.07, 6.45) is 0. The Bertz CT molecular complexity index is 768. The fraction of sp³-hybridized carbons (Fsp3) is 0.133. The lowest BCUT2D eigenvalue weighted by molar-refractivity contribution is 0.0964. The number of aromatic hydroxyl groups is 2. The molecule has 2 aromatic rings. The number of phenols is 2. The molecule has 1 unspecified atom stereocenters. The molecule has 0 heterocycles. The van der Waals surface area contributed by atoms with Gasteiger partial charge in [0, 0.05) is 5.92 Å². The van der Waals surface area contributed by atoms with Gasteiger partial charge in [-0.25, -0.2) is 4.57 Å². The van der Waals surface area contributed by atoms with Crippen molar-refractivity contribution in [3.05, 3.63) is 53.6 Å². The molecule has 0 bridgehead atoms. The molecule has 1 atom stereocenters. The molecule has 0 aliphatic rings. The first kappa shape index (κ1) is 17.0. The molecule has 0 fully saturated rings. The first-order valence-corrected chi connectivity index (χ1v) is 8.29. The number of benzene rings is 2. The van der Waals surface area contributed by atoms with Gasteiger partial charge in [0.1, 0.15) is 11.5 Å². The summed E-state index contributed by atoms with van der Waals surface area (Å²) in [5.74, 6) is -1.51. The minimum absolute atomic E-state index is 0.0554. The van der Waals surface area contributed by atoms with Gasteiger partial charge >= 0.3 is 7.75 Å². The number of ketones is 1. The summed E-state index contributed by atoms with van der Waals surface area (Å²) in [4.78, 5) is 30.7. The predicted molar refractivity (Wildman–Crippen MR) is 84.6 cm³/mol. The molecule has 0 saturated carbocycles. The molecule has 0 amide bonds. The second-order valence-electron chi connectivity index (χ2n) is 5.03. The minimum Gasteiger partial charge on any atom is -0.508 e. The zero-order valence-corrected chi connectivity index (χ0v) is 13.1. The number of rotatable bonds is 5. The predicted octanol–water partition coefficient (Wildman–Crippen LogP) is 2.59. The average molecular weight is 337 g/mol. The highest BCUT2D eigenvalue weighted by Crippen LogP contribution is 2.40. The Kier molecular flexibility index (Phi) is 4.75. The number of phenolic OH excluding ortho intramolecular Hbond substituents is 2. The van der Waals surface area contributed by atoms with E-state index >= 15 is 0 Å². The monoisotopic (exact) mass is 337 g/mol. The Morgan fingerprint density at radius 3 is 2.26 bits per heavy atom.